The molecule has 9 nitrogen and oxygen atoms in total. The fraction of sp³-hybridized carbons (Fsp3) is 0.417. The van der Waals surface area contributed by atoms with Crippen LogP contribution in [0.5, 0.6) is 5.75 Å². The molecule has 14 heteroatoms. The molecule has 6 rings (SSSR count). The molecule has 3 aliphatic rings. The highest BCUT2D eigenvalue weighted by Gasteiger charge is 2.45. The molecule has 0 aliphatic carbocycles. The van der Waals surface area contributed by atoms with Crippen molar-refractivity contribution < 1.29 is 32.6 Å². The van der Waals surface area contributed by atoms with Crippen LogP contribution < -0.4 is 4.74 Å². The third kappa shape index (κ3) is 7.88. The lowest BCUT2D eigenvalue weighted by atomic mass is 9.93. The third-order valence-corrected chi connectivity index (χ3v) is 9.80. The van der Waals surface area contributed by atoms with E-state index in [1.807, 2.05) is 29.2 Å². The summed E-state index contributed by atoms with van der Waals surface area (Å²) in [7, 11) is 0. The van der Waals surface area contributed by atoms with Crippen molar-refractivity contribution in [3.8, 4) is 5.75 Å². The number of likely N-dealkylation sites (tertiary alicyclic amines) is 1. The summed E-state index contributed by atoms with van der Waals surface area (Å²) in [5.74, 6) is 0.0712. The number of benzene rings is 3. The first kappa shape index (κ1) is 36.0. The molecule has 3 amide bonds. The summed E-state index contributed by atoms with van der Waals surface area (Å²) in [6, 6.07) is 15.6. The Balaban J connectivity index is 1.35. The second-order valence-electron chi connectivity index (χ2n) is 12.6. The van der Waals surface area contributed by atoms with Gasteiger partial charge in [0, 0.05) is 49.3 Å². The predicted octanol–water partition coefficient (Wildman–Crippen LogP) is 6.68. The van der Waals surface area contributed by atoms with E-state index in [1.54, 1.807) is 45.9 Å². The molecule has 3 unspecified atom stereocenters. The number of amides is 3. The van der Waals surface area contributed by atoms with E-state index >= 15 is 0 Å². The van der Waals surface area contributed by atoms with Crippen LogP contribution in [0, 0.1) is 0 Å². The Bertz CT molecular complexity index is 1720. The van der Waals surface area contributed by atoms with E-state index < -0.39 is 29.9 Å². The van der Waals surface area contributed by atoms with Crippen molar-refractivity contribution in [3.05, 3.63) is 99.0 Å². The third-order valence-electron chi connectivity index (χ3n) is 9.30. The van der Waals surface area contributed by atoms with Gasteiger partial charge in [-0.15, -0.1) is 0 Å². The highest BCUT2D eigenvalue weighted by molar-refractivity contribution is 6.30. The largest absolute Gasteiger partial charge is 0.493 e. The number of nitrogens with zero attached hydrogens (tertiary/aromatic N) is 5. The Morgan fingerprint density at radius 3 is 2.14 bits per heavy atom. The summed E-state index contributed by atoms with van der Waals surface area (Å²) in [5.41, 5.74) is 0.837. The first-order valence-corrected chi connectivity index (χ1v) is 17.4. The maximum atomic E-state index is 14.8. The molecule has 0 saturated carbocycles. The van der Waals surface area contributed by atoms with Crippen molar-refractivity contribution in [1.29, 1.82) is 0 Å². The first-order chi connectivity index (χ1) is 23.9. The van der Waals surface area contributed by atoms with Gasteiger partial charge in [0.05, 0.1) is 36.4 Å². The lowest BCUT2D eigenvalue weighted by Gasteiger charge is -2.39. The zero-order valence-electron chi connectivity index (χ0n) is 27.5. The Hall–Kier alpha value is -3.84. The summed E-state index contributed by atoms with van der Waals surface area (Å²) in [5, 5.41) is 11.0. The van der Waals surface area contributed by atoms with E-state index in [2.05, 4.69) is 0 Å². The zero-order valence-corrected chi connectivity index (χ0v) is 29.0. The van der Waals surface area contributed by atoms with Gasteiger partial charge in [-0.05, 0) is 73.4 Å². The van der Waals surface area contributed by atoms with Gasteiger partial charge in [-0.3, -0.25) is 19.6 Å². The van der Waals surface area contributed by atoms with Crippen molar-refractivity contribution in [1.82, 2.24) is 19.6 Å². The molecular weight excluding hydrogens is 694 g/mol. The molecule has 0 bridgehead atoms. The van der Waals surface area contributed by atoms with Crippen molar-refractivity contribution >= 4 is 41.0 Å². The molecule has 3 aromatic carbocycles. The van der Waals surface area contributed by atoms with Crippen molar-refractivity contribution in [2.45, 2.75) is 44.1 Å². The van der Waals surface area contributed by atoms with Crippen LogP contribution in [0.1, 0.15) is 54.1 Å². The fourth-order valence-corrected chi connectivity index (χ4v) is 6.99. The van der Waals surface area contributed by atoms with Crippen molar-refractivity contribution in [3.63, 3.8) is 0 Å². The van der Waals surface area contributed by atoms with Gasteiger partial charge in [-0.2, -0.15) is 13.2 Å². The van der Waals surface area contributed by atoms with E-state index in [4.69, 9.17) is 32.9 Å². The van der Waals surface area contributed by atoms with Gasteiger partial charge in [-0.25, -0.2) is 4.79 Å². The number of urea groups is 1. The number of piperazine rings is 1. The van der Waals surface area contributed by atoms with Gasteiger partial charge in [0.25, 0.3) is 0 Å². The van der Waals surface area contributed by atoms with Crippen LogP contribution in [0.25, 0.3) is 0 Å². The van der Waals surface area contributed by atoms with E-state index in [0.29, 0.717) is 55.7 Å². The van der Waals surface area contributed by atoms with Crippen LogP contribution in [-0.2, 0) is 11.0 Å². The highest BCUT2D eigenvalue weighted by atomic mass is 35.5. The molecule has 2 fully saturated rings. The van der Waals surface area contributed by atoms with Crippen LogP contribution in [-0.4, -0.2) is 101 Å². The summed E-state index contributed by atoms with van der Waals surface area (Å²) in [6.45, 7) is 4.37. The first-order valence-electron chi connectivity index (χ1n) is 16.6. The maximum Gasteiger partial charge on any atom is 0.416 e. The number of halogens is 5. The van der Waals surface area contributed by atoms with E-state index in [-0.39, 0.29) is 42.2 Å². The number of aliphatic imine (C=N–C) groups is 1. The van der Waals surface area contributed by atoms with Gasteiger partial charge in [-0.1, -0.05) is 47.5 Å². The lowest BCUT2D eigenvalue weighted by molar-refractivity contribution is -0.138. The molecule has 0 aromatic heterocycles. The second-order valence-corrected chi connectivity index (χ2v) is 13.5. The number of ether oxygens (including phenoxy) is 1. The second kappa shape index (κ2) is 15.2. The molecular formula is C36H38Cl2F3N5O4. The molecule has 0 spiro atoms. The van der Waals surface area contributed by atoms with E-state index in [9.17, 15) is 27.9 Å². The number of amidine groups is 1. The Labute approximate surface area is 298 Å². The molecule has 50 heavy (non-hydrogen) atoms. The minimum absolute atomic E-state index is 0.0448. The number of aliphatic hydroxyl groups excluding tert-OH is 1. The standard InChI is InChI=1S/C36H38Cl2F3N5O4/c1-2-50-30-20-25(36(39,40)41)9-14-29(30)34-42-32(23-5-10-26(37)11-6-23)33(24-7-12-27(38)13-8-24)46(34)35(49)44-18-16-43(17-19-44)22-31(48)45-15-3-4-28(47)21-45/h5-14,20,28,32-33,47H,2-4,15-19,21-22H2,1H3. The average molecular weight is 733 g/mol. The Morgan fingerprint density at radius 2 is 1.54 bits per heavy atom. The average Bonchev–Trinajstić information content (AvgIpc) is 3.49. The number of β-amino-alcohol motifs (C(OH)–C–C–N with tert-alkyl or cyclic N) is 1. The molecule has 3 aromatic rings. The lowest BCUT2D eigenvalue weighted by Crippen LogP contribution is -2.56. The number of aliphatic hydroxyl groups is 1. The Morgan fingerprint density at radius 1 is 0.900 bits per heavy atom. The fourth-order valence-electron chi connectivity index (χ4n) is 6.73. The topological polar surface area (TPSA) is 88.9 Å². The van der Waals surface area contributed by atoms with E-state index in [1.165, 1.54) is 6.07 Å². The van der Waals surface area contributed by atoms with Gasteiger partial charge < -0.3 is 19.6 Å². The number of carbonyl (C=O) groups excluding carboxylic acids is 2. The summed E-state index contributed by atoms with van der Waals surface area (Å²) in [6.07, 6.45) is -3.69. The molecule has 3 atom stereocenters. The maximum absolute atomic E-state index is 14.8. The monoisotopic (exact) mass is 731 g/mol. The van der Waals surface area contributed by atoms with E-state index in [0.717, 1.165) is 29.7 Å². The molecule has 3 heterocycles. The predicted molar refractivity (Wildman–Crippen MR) is 185 cm³/mol. The summed E-state index contributed by atoms with van der Waals surface area (Å²) in [4.78, 5) is 39.7. The van der Waals surface area contributed by atoms with Crippen molar-refractivity contribution in [2.24, 2.45) is 4.99 Å². The van der Waals surface area contributed by atoms with Gasteiger partial charge in [0.15, 0.2) is 0 Å². The summed E-state index contributed by atoms with van der Waals surface area (Å²) < 4.78 is 47.2. The van der Waals surface area contributed by atoms with Crippen LogP contribution in [0.3, 0.4) is 0 Å². The van der Waals surface area contributed by atoms with Crippen molar-refractivity contribution in [2.75, 3.05) is 52.4 Å². The van der Waals surface area contributed by atoms with Gasteiger partial charge in [0.1, 0.15) is 17.6 Å². The Kier molecular flexibility index (Phi) is 10.9. The number of carbonyl (C=O) groups is 2. The number of rotatable bonds is 7. The molecule has 266 valence electrons. The SMILES string of the molecule is CCOc1cc(C(F)(F)F)ccc1C1=NC(c2ccc(Cl)cc2)C(c2ccc(Cl)cc2)N1C(=O)N1CCN(CC(=O)N2CCCC(O)C2)CC1. The minimum Gasteiger partial charge on any atom is -0.493 e. The van der Waals surface area contributed by atoms with Crippen LogP contribution in [0.4, 0.5) is 18.0 Å². The van der Waals surface area contributed by atoms with Gasteiger partial charge in [0.2, 0.25) is 5.91 Å². The quantitative estimate of drug-likeness (QED) is 0.293. The normalized spacial score (nSPS) is 21.7. The number of alkyl halides is 3. The van der Waals surface area contributed by atoms with Crippen LogP contribution >= 0.6 is 23.2 Å². The number of piperidine rings is 1. The number of hydrogen-bond acceptors (Lipinski definition) is 6. The van der Waals surface area contributed by atoms with Crippen LogP contribution in [0.15, 0.2) is 71.7 Å². The highest BCUT2D eigenvalue weighted by Crippen LogP contribution is 2.46. The molecule has 2 saturated heterocycles. The van der Waals surface area contributed by atoms with Crippen LogP contribution in [0.2, 0.25) is 10.0 Å². The minimum atomic E-state index is -4.61. The smallest absolute Gasteiger partial charge is 0.416 e. The van der Waals surface area contributed by atoms with Gasteiger partial charge >= 0.3 is 12.2 Å². The zero-order chi connectivity index (χ0) is 35.6. The molecule has 0 radical (unpaired) electrons. The molecule has 1 N–H and O–H groups in total. The summed E-state index contributed by atoms with van der Waals surface area (Å²) >= 11 is 12.5. The number of hydrogen-bond donors (Lipinski definition) is 1. The molecule has 3 aliphatic heterocycles.